The lowest BCUT2D eigenvalue weighted by Crippen LogP contribution is -2.55. The van der Waals surface area contributed by atoms with Gasteiger partial charge in [0.15, 0.2) is 0 Å². The minimum absolute atomic E-state index is 0.113. The molecule has 2 aliphatic heterocycles. The predicted octanol–water partition coefficient (Wildman–Crippen LogP) is 3.52. The summed E-state index contributed by atoms with van der Waals surface area (Å²) in [5.41, 5.74) is 2.78. The number of imide groups is 1. The molecule has 1 N–H and O–H groups in total. The van der Waals surface area contributed by atoms with E-state index in [0.717, 1.165) is 44.3 Å². The third kappa shape index (κ3) is 3.63. The molecule has 2 saturated heterocycles. The van der Waals surface area contributed by atoms with E-state index in [4.69, 9.17) is 0 Å². The highest BCUT2D eigenvalue weighted by Crippen LogP contribution is 2.36. The highest BCUT2D eigenvalue weighted by Gasteiger charge is 2.53. The average molecular weight is 422 g/mol. The number of urea groups is 1. The number of piperidine rings is 1. The number of carbonyl (C=O) groups excluding carboxylic acids is 2. The fourth-order valence-corrected chi connectivity index (χ4v) is 5.54. The first-order chi connectivity index (χ1) is 14.9. The Kier molecular flexibility index (Phi) is 5.05. The SMILES string of the molecule is CC1(C2CCN(C3Cc4ccccc4C3)CC2)NC(=O)N(Cc2ccc(F)cc2)C1=O. The molecule has 0 spiro atoms. The molecule has 162 valence electrons. The second-order valence-electron chi connectivity index (χ2n) is 9.29. The Morgan fingerprint density at radius 1 is 1.00 bits per heavy atom. The summed E-state index contributed by atoms with van der Waals surface area (Å²) in [6.45, 7) is 3.92. The molecule has 0 radical (unpaired) electrons. The zero-order valence-corrected chi connectivity index (χ0v) is 17.8. The van der Waals surface area contributed by atoms with Crippen molar-refractivity contribution in [3.8, 4) is 0 Å². The second kappa shape index (κ2) is 7.75. The van der Waals surface area contributed by atoms with Gasteiger partial charge in [-0.15, -0.1) is 0 Å². The van der Waals surface area contributed by atoms with Crippen LogP contribution in [0.2, 0.25) is 0 Å². The number of hydrogen-bond donors (Lipinski definition) is 1. The highest BCUT2D eigenvalue weighted by molar-refractivity contribution is 6.06. The summed E-state index contributed by atoms with van der Waals surface area (Å²) >= 11 is 0. The quantitative estimate of drug-likeness (QED) is 0.769. The van der Waals surface area contributed by atoms with Crippen molar-refractivity contribution in [1.82, 2.24) is 15.1 Å². The van der Waals surface area contributed by atoms with Crippen molar-refractivity contribution in [3.63, 3.8) is 0 Å². The number of carbonyl (C=O) groups is 2. The number of rotatable bonds is 4. The molecule has 0 bridgehead atoms. The van der Waals surface area contributed by atoms with Gasteiger partial charge < -0.3 is 5.32 Å². The van der Waals surface area contributed by atoms with Crippen molar-refractivity contribution in [1.29, 1.82) is 0 Å². The molecular formula is C25H28FN3O2. The van der Waals surface area contributed by atoms with Crippen molar-refractivity contribution >= 4 is 11.9 Å². The van der Waals surface area contributed by atoms with Gasteiger partial charge >= 0.3 is 6.03 Å². The van der Waals surface area contributed by atoms with Gasteiger partial charge in [-0.25, -0.2) is 9.18 Å². The van der Waals surface area contributed by atoms with E-state index >= 15 is 0 Å². The van der Waals surface area contributed by atoms with Crippen LogP contribution in [0.5, 0.6) is 0 Å². The van der Waals surface area contributed by atoms with E-state index in [9.17, 15) is 14.0 Å². The molecule has 31 heavy (non-hydrogen) atoms. The van der Waals surface area contributed by atoms with Gasteiger partial charge in [0, 0.05) is 6.04 Å². The maximum atomic E-state index is 13.2. The number of benzene rings is 2. The third-order valence-corrected chi connectivity index (χ3v) is 7.45. The topological polar surface area (TPSA) is 52.7 Å². The summed E-state index contributed by atoms with van der Waals surface area (Å²) in [5, 5.41) is 2.97. The summed E-state index contributed by atoms with van der Waals surface area (Å²) in [7, 11) is 0. The molecule has 1 atom stereocenters. The van der Waals surface area contributed by atoms with Crippen LogP contribution in [-0.2, 0) is 24.2 Å². The van der Waals surface area contributed by atoms with E-state index in [1.54, 1.807) is 12.1 Å². The first-order valence-electron chi connectivity index (χ1n) is 11.1. The molecule has 2 aromatic carbocycles. The first kappa shape index (κ1) is 20.2. The maximum Gasteiger partial charge on any atom is 0.325 e. The normalized spacial score (nSPS) is 25.2. The molecule has 3 aliphatic rings. The lowest BCUT2D eigenvalue weighted by molar-refractivity contribution is -0.133. The minimum Gasteiger partial charge on any atom is -0.323 e. The summed E-state index contributed by atoms with van der Waals surface area (Å²) < 4.78 is 13.2. The van der Waals surface area contributed by atoms with Crippen LogP contribution in [-0.4, -0.2) is 46.4 Å². The van der Waals surface area contributed by atoms with Crippen molar-refractivity contribution in [2.45, 2.75) is 50.7 Å². The van der Waals surface area contributed by atoms with Crippen LogP contribution >= 0.6 is 0 Å². The minimum atomic E-state index is -0.873. The maximum absolute atomic E-state index is 13.2. The van der Waals surface area contributed by atoms with E-state index in [1.807, 2.05) is 6.92 Å². The fourth-order valence-electron chi connectivity index (χ4n) is 5.54. The van der Waals surface area contributed by atoms with Gasteiger partial charge in [0.1, 0.15) is 11.4 Å². The molecule has 1 aliphatic carbocycles. The Hall–Kier alpha value is -2.73. The summed E-state index contributed by atoms with van der Waals surface area (Å²) in [6, 6.07) is 14.8. The van der Waals surface area contributed by atoms with Gasteiger partial charge in [-0.1, -0.05) is 36.4 Å². The van der Waals surface area contributed by atoms with Crippen LogP contribution in [0.15, 0.2) is 48.5 Å². The van der Waals surface area contributed by atoms with Crippen LogP contribution in [0.4, 0.5) is 9.18 Å². The van der Waals surface area contributed by atoms with Crippen LogP contribution in [0.25, 0.3) is 0 Å². The van der Waals surface area contributed by atoms with Gasteiger partial charge in [-0.2, -0.15) is 0 Å². The Balaban J connectivity index is 1.22. The molecule has 2 aromatic rings. The third-order valence-electron chi connectivity index (χ3n) is 7.45. The van der Waals surface area contributed by atoms with E-state index in [0.29, 0.717) is 6.04 Å². The Morgan fingerprint density at radius 2 is 1.61 bits per heavy atom. The molecule has 2 fully saturated rings. The van der Waals surface area contributed by atoms with Crippen molar-refractivity contribution in [3.05, 3.63) is 71.0 Å². The zero-order chi connectivity index (χ0) is 21.6. The number of hydrogen-bond acceptors (Lipinski definition) is 3. The molecule has 1 unspecified atom stereocenters. The average Bonchev–Trinajstić information content (AvgIpc) is 3.30. The molecule has 0 aromatic heterocycles. The largest absolute Gasteiger partial charge is 0.325 e. The molecule has 2 heterocycles. The number of nitrogens with zero attached hydrogens (tertiary/aromatic N) is 2. The Morgan fingerprint density at radius 3 is 2.23 bits per heavy atom. The van der Waals surface area contributed by atoms with Crippen LogP contribution in [0.3, 0.4) is 0 Å². The lowest BCUT2D eigenvalue weighted by Gasteiger charge is -2.41. The lowest BCUT2D eigenvalue weighted by atomic mass is 9.78. The Bertz CT molecular complexity index is 975. The first-order valence-corrected chi connectivity index (χ1v) is 11.1. The summed E-state index contributed by atoms with van der Waals surface area (Å²) in [4.78, 5) is 29.7. The van der Waals surface area contributed by atoms with Crippen molar-refractivity contribution in [2.75, 3.05) is 13.1 Å². The van der Waals surface area contributed by atoms with Gasteiger partial charge in [0.2, 0.25) is 0 Å². The van der Waals surface area contributed by atoms with Gasteiger partial charge in [0.25, 0.3) is 5.91 Å². The standard InChI is InChI=1S/C25H28FN3O2/c1-25(23(30)29(24(31)27-25)16-17-6-8-21(26)9-7-17)20-10-12-28(13-11-20)22-14-18-4-2-3-5-19(18)15-22/h2-9,20,22H,10-16H2,1H3,(H,27,31). The summed E-state index contributed by atoms with van der Waals surface area (Å²) in [5.74, 6) is -0.390. The van der Waals surface area contributed by atoms with E-state index < -0.39 is 5.54 Å². The highest BCUT2D eigenvalue weighted by atomic mass is 19.1. The van der Waals surface area contributed by atoms with Gasteiger partial charge in [-0.05, 0) is 80.4 Å². The van der Waals surface area contributed by atoms with E-state index in [-0.39, 0.29) is 30.2 Å². The van der Waals surface area contributed by atoms with E-state index in [1.165, 1.54) is 28.2 Å². The number of fused-ring (bicyclic) bond motifs is 1. The number of halogens is 1. The molecular weight excluding hydrogens is 393 g/mol. The molecule has 3 amide bonds. The fraction of sp³-hybridized carbons (Fsp3) is 0.440. The summed E-state index contributed by atoms with van der Waals surface area (Å²) in [6.07, 6.45) is 3.97. The van der Waals surface area contributed by atoms with Crippen LogP contribution in [0, 0.1) is 11.7 Å². The van der Waals surface area contributed by atoms with Crippen LogP contribution in [0.1, 0.15) is 36.5 Å². The smallest absolute Gasteiger partial charge is 0.323 e. The van der Waals surface area contributed by atoms with E-state index in [2.05, 4.69) is 34.5 Å². The Labute approximate surface area is 182 Å². The number of amides is 3. The zero-order valence-electron chi connectivity index (χ0n) is 17.8. The van der Waals surface area contributed by atoms with Crippen LogP contribution < -0.4 is 5.32 Å². The predicted molar refractivity (Wildman–Crippen MR) is 116 cm³/mol. The number of likely N-dealkylation sites (tertiary alicyclic amines) is 1. The monoisotopic (exact) mass is 421 g/mol. The molecule has 0 saturated carbocycles. The molecule has 5 nitrogen and oxygen atoms in total. The van der Waals surface area contributed by atoms with Gasteiger partial charge in [-0.3, -0.25) is 14.6 Å². The number of nitrogens with one attached hydrogen (secondary N) is 1. The second-order valence-corrected chi connectivity index (χ2v) is 9.29. The molecule has 6 heteroatoms. The van der Waals surface area contributed by atoms with Crippen molar-refractivity contribution < 1.29 is 14.0 Å². The van der Waals surface area contributed by atoms with Crippen molar-refractivity contribution in [2.24, 2.45) is 5.92 Å². The van der Waals surface area contributed by atoms with Gasteiger partial charge in [0.05, 0.1) is 6.54 Å². The molecule has 5 rings (SSSR count).